The van der Waals surface area contributed by atoms with Crippen molar-refractivity contribution in [2.45, 2.75) is 52.2 Å². The first-order valence-electron chi connectivity index (χ1n) is 7.87. The van der Waals surface area contributed by atoms with Crippen molar-refractivity contribution in [3.63, 3.8) is 0 Å². The number of rotatable bonds is 9. The Bertz CT molecular complexity index is 490. The van der Waals surface area contributed by atoms with Crippen molar-refractivity contribution in [1.29, 1.82) is 0 Å². The Hall–Kier alpha value is -1.88. The van der Waals surface area contributed by atoms with E-state index in [2.05, 4.69) is 0 Å². The average molecular weight is 322 g/mol. The van der Waals surface area contributed by atoms with Gasteiger partial charge in [-0.3, -0.25) is 9.59 Å². The van der Waals surface area contributed by atoms with Crippen molar-refractivity contribution >= 4 is 11.9 Å². The van der Waals surface area contributed by atoms with Gasteiger partial charge in [0.15, 0.2) is 5.92 Å². The molecule has 0 bridgehead atoms. The molecule has 0 saturated heterocycles. The SMILES string of the molecule is CC(C)(C)OC(=O)[C@@H](CCCCOCc1ccccc1)C(=O)O. The second-order valence-electron chi connectivity index (χ2n) is 6.46. The summed E-state index contributed by atoms with van der Waals surface area (Å²) in [5.74, 6) is -2.91. The molecule has 0 aliphatic carbocycles. The number of carboxylic acids is 1. The van der Waals surface area contributed by atoms with Gasteiger partial charge in [-0.1, -0.05) is 30.3 Å². The van der Waals surface area contributed by atoms with E-state index in [0.717, 1.165) is 5.56 Å². The summed E-state index contributed by atoms with van der Waals surface area (Å²) in [4.78, 5) is 23.1. The molecule has 0 fully saturated rings. The van der Waals surface area contributed by atoms with E-state index in [1.807, 2.05) is 30.3 Å². The molecule has 0 radical (unpaired) electrons. The number of esters is 1. The van der Waals surface area contributed by atoms with Gasteiger partial charge in [0.2, 0.25) is 0 Å². The Kier molecular flexibility index (Phi) is 7.75. The van der Waals surface area contributed by atoms with E-state index in [1.54, 1.807) is 20.8 Å². The molecular weight excluding hydrogens is 296 g/mol. The fourth-order valence-electron chi connectivity index (χ4n) is 2.03. The van der Waals surface area contributed by atoms with E-state index in [1.165, 1.54) is 0 Å². The van der Waals surface area contributed by atoms with Crippen molar-refractivity contribution in [2.24, 2.45) is 5.92 Å². The molecule has 1 atom stereocenters. The molecule has 0 aliphatic heterocycles. The second kappa shape index (κ2) is 9.30. The molecule has 5 heteroatoms. The molecule has 0 amide bonds. The number of aliphatic carboxylic acids is 1. The molecule has 1 N–H and O–H groups in total. The smallest absolute Gasteiger partial charge is 0.320 e. The summed E-state index contributed by atoms with van der Waals surface area (Å²) in [5.41, 5.74) is 0.425. The maximum Gasteiger partial charge on any atom is 0.320 e. The standard InChI is InChI=1S/C18H26O5/c1-18(2,3)23-17(21)15(16(19)20)11-7-8-12-22-13-14-9-5-4-6-10-14/h4-6,9-10,15H,7-8,11-13H2,1-3H3,(H,19,20)/t15-/m0/s1. The third kappa shape index (κ3) is 8.35. The predicted molar refractivity (Wildman–Crippen MR) is 86.9 cm³/mol. The zero-order chi connectivity index (χ0) is 17.3. The highest BCUT2D eigenvalue weighted by Gasteiger charge is 2.30. The van der Waals surface area contributed by atoms with Crippen LogP contribution in [0.5, 0.6) is 0 Å². The third-order valence-electron chi connectivity index (χ3n) is 3.13. The van der Waals surface area contributed by atoms with E-state index < -0.39 is 23.5 Å². The van der Waals surface area contributed by atoms with Crippen molar-refractivity contribution < 1.29 is 24.2 Å². The first kappa shape index (κ1) is 19.2. The Morgan fingerprint density at radius 3 is 2.35 bits per heavy atom. The molecule has 1 aromatic rings. The quantitative estimate of drug-likeness (QED) is 0.428. The fraction of sp³-hybridized carbons (Fsp3) is 0.556. The number of unbranched alkanes of at least 4 members (excludes halogenated alkanes) is 1. The van der Waals surface area contributed by atoms with Gasteiger partial charge >= 0.3 is 11.9 Å². The van der Waals surface area contributed by atoms with Gasteiger partial charge in [0, 0.05) is 6.61 Å². The van der Waals surface area contributed by atoms with Gasteiger partial charge < -0.3 is 14.6 Å². The third-order valence-corrected chi connectivity index (χ3v) is 3.13. The number of ether oxygens (including phenoxy) is 2. The van der Waals surface area contributed by atoms with Gasteiger partial charge in [-0.2, -0.15) is 0 Å². The maximum atomic E-state index is 11.9. The van der Waals surface area contributed by atoms with Crippen LogP contribution in [-0.2, 0) is 25.7 Å². The molecule has 0 aliphatic rings. The lowest BCUT2D eigenvalue weighted by Gasteiger charge is -2.22. The summed E-state index contributed by atoms with van der Waals surface area (Å²) < 4.78 is 10.7. The van der Waals surface area contributed by atoms with Crippen LogP contribution < -0.4 is 0 Å². The van der Waals surface area contributed by atoms with Crippen LogP contribution >= 0.6 is 0 Å². The number of hydrogen-bond donors (Lipinski definition) is 1. The van der Waals surface area contributed by atoms with Gasteiger partial charge in [0.25, 0.3) is 0 Å². The molecule has 1 rings (SSSR count). The number of hydrogen-bond acceptors (Lipinski definition) is 4. The minimum absolute atomic E-state index is 0.263. The van der Waals surface area contributed by atoms with Gasteiger partial charge in [-0.15, -0.1) is 0 Å². The Morgan fingerprint density at radius 2 is 1.78 bits per heavy atom. The number of carbonyl (C=O) groups excluding carboxylic acids is 1. The largest absolute Gasteiger partial charge is 0.481 e. The molecule has 23 heavy (non-hydrogen) atoms. The lowest BCUT2D eigenvalue weighted by Crippen LogP contribution is -2.32. The van der Waals surface area contributed by atoms with E-state index in [-0.39, 0.29) is 6.42 Å². The number of carboxylic acid groups (broad SMARTS) is 1. The first-order valence-corrected chi connectivity index (χ1v) is 7.87. The van der Waals surface area contributed by atoms with Gasteiger partial charge in [0.1, 0.15) is 5.60 Å². The lowest BCUT2D eigenvalue weighted by molar-refractivity contribution is -0.167. The van der Waals surface area contributed by atoms with Gasteiger partial charge in [-0.25, -0.2) is 0 Å². The normalized spacial score (nSPS) is 12.7. The molecule has 0 heterocycles. The van der Waals surface area contributed by atoms with Crippen LogP contribution in [0.2, 0.25) is 0 Å². The lowest BCUT2D eigenvalue weighted by atomic mass is 10.0. The van der Waals surface area contributed by atoms with E-state index in [4.69, 9.17) is 14.6 Å². The molecule has 0 spiro atoms. The monoisotopic (exact) mass is 322 g/mol. The van der Waals surface area contributed by atoms with Crippen molar-refractivity contribution in [2.75, 3.05) is 6.61 Å². The summed E-state index contributed by atoms with van der Waals surface area (Å²) in [7, 11) is 0. The van der Waals surface area contributed by atoms with Crippen LogP contribution in [0.15, 0.2) is 30.3 Å². The molecule has 1 aromatic carbocycles. The van der Waals surface area contributed by atoms with Crippen LogP contribution in [-0.4, -0.2) is 29.3 Å². The number of benzene rings is 1. The molecule has 0 unspecified atom stereocenters. The molecule has 0 saturated carbocycles. The Labute approximate surface area is 137 Å². The highest BCUT2D eigenvalue weighted by atomic mass is 16.6. The average Bonchev–Trinajstić information content (AvgIpc) is 2.45. The summed E-state index contributed by atoms with van der Waals surface area (Å²) >= 11 is 0. The zero-order valence-electron chi connectivity index (χ0n) is 14.1. The van der Waals surface area contributed by atoms with Crippen LogP contribution in [0.4, 0.5) is 0 Å². The van der Waals surface area contributed by atoms with E-state index in [0.29, 0.717) is 26.1 Å². The highest BCUT2D eigenvalue weighted by Crippen LogP contribution is 2.16. The minimum atomic E-state index is -1.13. The Morgan fingerprint density at radius 1 is 1.13 bits per heavy atom. The molecule has 128 valence electrons. The van der Waals surface area contributed by atoms with Crippen LogP contribution in [0.1, 0.15) is 45.6 Å². The van der Waals surface area contributed by atoms with Gasteiger partial charge in [0.05, 0.1) is 6.61 Å². The topological polar surface area (TPSA) is 72.8 Å². The van der Waals surface area contributed by atoms with Crippen LogP contribution in [0, 0.1) is 5.92 Å². The Balaban J connectivity index is 2.25. The molecule has 5 nitrogen and oxygen atoms in total. The van der Waals surface area contributed by atoms with Crippen LogP contribution in [0.25, 0.3) is 0 Å². The first-order chi connectivity index (χ1) is 10.8. The van der Waals surface area contributed by atoms with Crippen LogP contribution in [0.3, 0.4) is 0 Å². The zero-order valence-corrected chi connectivity index (χ0v) is 14.1. The predicted octanol–water partition coefficient (Wildman–Crippen LogP) is 3.42. The van der Waals surface area contributed by atoms with E-state index >= 15 is 0 Å². The van der Waals surface area contributed by atoms with Crippen molar-refractivity contribution in [1.82, 2.24) is 0 Å². The minimum Gasteiger partial charge on any atom is -0.481 e. The molecular formula is C18H26O5. The highest BCUT2D eigenvalue weighted by molar-refractivity contribution is 5.94. The van der Waals surface area contributed by atoms with Crippen molar-refractivity contribution in [3.8, 4) is 0 Å². The van der Waals surface area contributed by atoms with Gasteiger partial charge in [-0.05, 0) is 45.6 Å². The van der Waals surface area contributed by atoms with E-state index in [9.17, 15) is 9.59 Å². The second-order valence-corrected chi connectivity index (χ2v) is 6.46. The summed E-state index contributed by atoms with van der Waals surface area (Å²) in [6.45, 7) is 6.24. The maximum absolute atomic E-state index is 11.9. The fourth-order valence-corrected chi connectivity index (χ4v) is 2.03. The number of carbonyl (C=O) groups is 2. The summed E-state index contributed by atoms with van der Waals surface area (Å²) in [5, 5.41) is 9.16. The van der Waals surface area contributed by atoms with Crippen molar-refractivity contribution in [3.05, 3.63) is 35.9 Å². The molecule has 0 aromatic heterocycles. The summed E-state index contributed by atoms with van der Waals surface area (Å²) in [6, 6.07) is 9.84. The summed E-state index contributed by atoms with van der Waals surface area (Å²) in [6.07, 6.45) is 1.57.